The van der Waals surface area contributed by atoms with Gasteiger partial charge in [0, 0.05) is 11.3 Å². The predicted octanol–water partition coefficient (Wildman–Crippen LogP) is 4.03. The normalized spacial score (nSPS) is 17.2. The summed E-state index contributed by atoms with van der Waals surface area (Å²) in [7, 11) is -1.15. The minimum absolute atomic E-state index is 0.656. The lowest BCUT2D eigenvalue weighted by Crippen LogP contribution is -2.12. The van der Waals surface area contributed by atoms with Gasteiger partial charge in [0.15, 0.2) is 0 Å². The Balaban J connectivity index is 2.32. The van der Waals surface area contributed by atoms with Crippen molar-refractivity contribution in [2.45, 2.75) is 30.1 Å². The molecule has 0 bridgehead atoms. The largest absolute Gasteiger partial charge is 0.249 e. The first-order chi connectivity index (χ1) is 8.59. The lowest BCUT2D eigenvalue weighted by molar-refractivity contribution is 0.679. The van der Waals surface area contributed by atoms with Crippen LogP contribution in [0.3, 0.4) is 0 Å². The number of rotatable bonds is 0. The molecule has 1 nitrogen and oxygen atoms in total. The number of halogens is 1. The van der Waals surface area contributed by atoms with Gasteiger partial charge in [-0.25, -0.2) is 4.21 Å². The van der Waals surface area contributed by atoms with Crippen LogP contribution in [0.2, 0.25) is 5.02 Å². The first kappa shape index (κ1) is 11.9. The van der Waals surface area contributed by atoms with E-state index in [0.717, 1.165) is 32.9 Å². The van der Waals surface area contributed by atoms with Crippen molar-refractivity contribution in [2.24, 2.45) is 0 Å². The summed E-state index contributed by atoms with van der Waals surface area (Å²) in [6.45, 7) is 4.03. The molecular formula is C15H13ClOS. The summed E-state index contributed by atoms with van der Waals surface area (Å²) in [4.78, 5) is 1.71. The van der Waals surface area contributed by atoms with E-state index in [9.17, 15) is 4.21 Å². The third kappa shape index (κ3) is 1.63. The molecule has 0 spiro atoms. The molecule has 1 heterocycles. The van der Waals surface area contributed by atoms with Gasteiger partial charge >= 0.3 is 0 Å². The van der Waals surface area contributed by atoms with Crippen LogP contribution in [0.4, 0.5) is 0 Å². The fraction of sp³-hybridized carbons (Fsp3) is 0.200. The van der Waals surface area contributed by atoms with Crippen molar-refractivity contribution in [1.29, 1.82) is 0 Å². The van der Waals surface area contributed by atoms with Crippen LogP contribution in [-0.2, 0) is 17.2 Å². The first-order valence-corrected chi connectivity index (χ1v) is 7.40. The maximum absolute atomic E-state index is 12.7. The van der Waals surface area contributed by atoms with Gasteiger partial charge in [-0.05, 0) is 42.2 Å². The van der Waals surface area contributed by atoms with Gasteiger partial charge in [-0.2, -0.15) is 0 Å². The molecule has 0 fully saturated rings. The van der Waals surface area contributed by atoms with E-state index in [1.165, 1.54) is 5.56 Å². The summed E-state index contributed by atoms with van der Waals surface area (Å²) in [5.41, 5.74) is 4.45. The molecule has 3 heteroatoms. The van der Waals surface area contributed by atoms with E-state index in [1.54, 1.807) is 0 Å². The zero-order chi connectivity index (χ0) is 12.9. The van der Waals surface area contributed by atoms with Crippen LogP contribution in [0.15, 0.2) is 40.1 Å². The van der Waals surface area contributed by atoms with E-state index < -0.39 is 10.8 Å². The summed E-state index contributed by atoms with van der Waals surface area (Å²) in [6.07, 6.45) is 0.822. The summed E-state index contributed by atoms with van der Waals surface area (Å²) in [5.74, 6) is 0. The van der Waals surface area contributed by atoms with Crippen LogP contribution in [0.5, 0.6) is 0 Å². The molecule has 3 rings (SSSR count). The smallest absolute Gasteiger partial charge is 0.0870 e. The number of benzene rings is 2. The van der Waals surface area contributed by atoms with Crippen molar-refractivity contribution in [1.82, 2.24) is 0 Å². The van der Waals surface area contributed by atoms with Crippen LogP contribution in [0.25, 0.3) is 0 Å². The van der Waals surface area contributed by atoms with Crippen molar-refractivity contribution in [3.63, 3.8) is 0 Å². The van der Waals surface area contributed by atoms with Crippen LogP contribution < -0.4 is 0 Å². The fourth-order valence-corrected chi connectivity index (χ4v) is 4.47. The lowest BCUT2D eigenvalue weighted by Gasteiger charge is -2.22. The molecular weight excluding hydrogens is 264 g/mol. The molecule has 0 saturated heterocycles. The Morgan fingerprint density at radius 1 is 1.17 bits per heavy atom. The molecule has 0 amide bonds. The van der Waals surface area contributed by atoms with Gasteiger partial charge < -0.3 is 0 Å². The second kappa shape index (κ2) is 4.22. The average molecular weight is 277 g/mol. The van der Waals surface area contributed by atoms with Crippen molar-refractivity contribution in [2.75, 3.05) is 0 Å². The number of fused-ring (bicyclic) bond motifs is 2. The summed E-state index contributed by atoms with van der Waals surface area (Å²) in [5, 5.41) is 0.656. The highest BCUT2D eigenvalue weighted by molar-refractivity contribution is 7.85. The molecule has 18 heavy (non-hydrogen) atoms. The van der Waals surface area contributed by atoms with Gasteiger partial charge in [0.05, 0.1) is 20.7 Å². The van der Waals surface area contributed by atoms with E-state index >= 15 is 0 Å². The van der Waals surface area contributed by atoms with Crippen LogP contribution in [0.1, 0.15) is 22.3 Å². The zero-order valence-electron chi connectivity index (χ0n) is 10.3. The Hall–Kier alpha value is -1.12. The highest BCUT2D eigenvalue weighted by Gasteiger charge is 2.26. The van der Waals surface area contributed by atoms with Crippen molar-refractivity contribution in [3.05, 3.63) is 57.6 Å². The lowest BCUT2D eigenvalue weighted by atomic mass is 9.98. The van der Waals surface area contributed by atoms with Crippen molar-refractivity contribution < 1.29 is 4.21 Å². The van der Waals surface area contributed by atoms with Crippen LogP contribution in [0, 0.1) is 13.8 Å². The molecule has 0 aliphatic carbocycles. The Labute approximate surface area is 114 Å². The van der Waals surface area contributed by atoms with Crippen LogP contribution in [-0.4, -0.2) is 4.21 Å². The van der Waals surface area contributed by atoms with Gasteiger partial charge in [-0.1, -0.05) is 35.9 Å². The SMILES string of the molecule is Cc1cc(C)c2c(c1Cl)S(=O)c1ccccc1C2. The molecule has 1 aliphatic rings. The maximum atomic E-state index is 12.7. The maximum Gasteiger partial charge on any atom is 0.0870 e. The van der Waals surface area contributed by atoms with Gasteiger partial charge in [0.2, 0.25) is 0 Å². The summed E-state index contributed by atoms with van der Waals surface area (Å²) >= 11 is 6.35. The Morgan fingerprint density at radius 2 is 1.89 bits per heavy atom. The van der Waals surface area contributed by atoms with E-state index in [-0.39, 0.29) is 0 Å². The predicted molar refractivity (Wildman–Crippen MR) is 74.8 cm³/mol. The van der Waals surface area contributed by atoms with Gasteiger partial charge in [0.25, 0.3) is 0 Å². The van der Waals surface area contributed by atoms with E-state index in [0.29, 0.717) is 5.02 Å². The standard InChI is InChI=1S/C15H13ClOS/c1-9-7-10(2)14(16)15-12(9)8-11-5-3-4-6-13(11)18(15)17/h3-7H,8H2,1-2H3. The van der Waals surface area contributed by atoms with E-state index in [2.05, 4.69) is 13.0 Å². The molecule has 1 unspecified atom stereocenters. The highest BCUT2D eigenvalue weighted by atomic mass is 35.5. The molecule has 92 valence electrons. The van der Waals surface area contributed by atoms with Crippen LogP contribution >= 0.6 is 11.6 Å². The topological polar surface area (TPSA) is 17.1 Å². The molecule has 1 atom stereocenters. The third-order valence-corrected chi connectivity index (χ3v) is 5.67. The Bertz CT molecular complexity index is 676. The molecule has 0 radical (unpaired) electrons. The van der Waals surface area contributed by atoms with Crippen molar-refractivity contribution >= 4 is 22.4 Å². The average Bonchev–Trinajstić information content (AvgIpc) is 2.36. The van der Waals surface area contributed by atoms with E-state index in [1.807, 2.05) is 31.2 Å². The number of hydrogen-bond donors (Lipinski definition) is 0. The first-order valence-electron chi connectivity index (χ1n) is 5.88. The number of aryl methyl sites for hydroxylation is 2. The molecule has 2 aromatic carbocycles. The third-order valence-electron chi connectivity index (χ3n) is 3.45. The summed E-state index contributed by atoms with van der Waals surface area (Å²) < 4.78 is 12.7. The quantitative estimate of drug-likeness (QED) is 0.606. The fourth-order valence-electron chi connectivity index (χ4n) is 2.51. The van der Waals surface area contributed by atoms with Gasteiger partial charge in [-0.15, -0.1) is 0 Å². The minimum Gasteiger partial charge on any atom is -0.249 e. The molecule has 0 aromatic heterocycles. The highest BCUT2D eigenvalue weighted by Crippen LogP contribution is 2.38. The summed E-state index contributed by atoms with van der Waals surface area (Å²) in [6, 6.07) is 9.97. The number of hydrogen-bond acceptors (Lipinski definition) is 1. The Morgan fingerprint density at radius 3 is 2.67 bits per heavy atom. The second-order valence-electron chi connectivity index (χ2n) is 4.69. The Kier molecular flexibility index (Phi) is 2.80. The van der Waals surface area contributed by atoms with Gasteiger partial charge in [-0.3, -0.25) is 0 Å². The van der Waals surface area contributed by atoms with Crippen molar-refractivity contribution in [3.8, 4) is 0 Å². The minimum atomic E-state index is -1.15. The molecule has 2 aromatic rings. The molecule has 0 N–H and O–H groups in total. The zero-order valence-corrected chi connectivity index (χ0v) is 11.9. The second-order valence-corrected chi connectivity index (χ2v) is 6.45. The molecule has 1 aliphatic heterocycles. The monoisotopic (exact) mass is 276 g/mol. The van der Waals surface area contributed by atoms with Gasteiger partial charge in [0.1, 0.15) is 0 Å². The molecule has 0 saturated carbocycles. The van der Waals surface area contributed by atoms with E-state index in [4.69, 9.17) is 11.6 Å².